The molecule has 0 aliphatic rings. The molecule has 55 valence electrons. The first-order valence-electron chi connectivity index (χ1n) is 3.00. The Hall–Kier alpha value is 1.44. The van der Waals surface area contributed by atoms with E-state index in [0.717, 1.165) is 3.74 Å². The van der Waals surface area contributed by atoms with Gasteiger partial charge in [0.1, 0.15) is 3.74 Å². The Morgan fingerprint density at radius 1 is 1.44 bits per heavy atom. The van der Waals surface area contributed by atoms with Crippen molar-refractivity contribution in [2.24, 2.45) is 0 Å². The van der Waals surface area contributed by atoms with Crippen LogP contribution in [-0.2, 0) is 0 Å². The van der Waals surface area contributed by atoms with E-state index < -0.39 is 0 Å². The van der Waals surface area contributed by atoms with Crippen molar-refractivity contribution in [1.29, 1.82) is 0 Å². The van der Waals surface area contributed by atoms with Crippen molar-refractivity contribution in [3.63, 3.8) is 0 Å². The van der Waals surface area contributed by atoms with Crippen LogP contribution in [0.4, 0.5) is 0 Å². The van der Waals surface area contributed by atoms with Gasteiger partial charge in [0.25, 0.3) is 0 Å². The zero-order chi connectivity index (χ0) is 7.28. The molecule has 0 fully saturated rings. The number of unbranched alkanes of at least 4 members (excludes halogenated alkanes) is 1. The van der Waals surface area contributed by atoms with Crippen LogP contribution in [-0.4, -0.2) is 4.83 Å². The highest BCUT2D eigenvalue weighted by Crippen LogP contribution is 2.31. The summed E-state index contributed by atoms with van der Waals surface area (Å²) in [5.74, 6) is 0. The molecule has 0 aromatic carbocycles. The molecule has 0 nitrogen and oxygen atoms in total. The van der Waals surface area contributed by atoms with Gasteiger partial charge in [-0.15, -0.1) is 0 Å². The first-order chi connectivity index (χ1) is 4.18. The molecule has 1 unspecified atom stereocenters. The van der Waals surface area contributed by atoms with Crippen LogP contribution in [0.1, 0.15) is 26.2 Å². The van der Waals surface area contributed by atoms with Crippen molar-refractivity contribution in [2.75, 3.05) is 0 Å². The maximum absolute atomic E-state index is 3.51. The van der Waals surface area contributed by atoms with Gasteiger partial charge in [-0.25, -0.2) is 0 Å². The molecule has 1 radical (unpaired) electrons. The van der Waals surface area contributed by atoms with Crippen LogP contribution < -0.4 is 0 Å². The van der Waals surface area contributed by atoms with Crippen LogP contribution in [0.25, 0.3) is 0 Å². The summed E-state index contributed by atoms with van der Waals surface area (Å²) in [5, 5.41) is 0. The summed E-state index contributed by atoms with van der Waals surface area (Å²) < 4.78 is 1.11. The predicted octanol–water partition coefficient (Wildman–Crippen LogP) is 4.22. The van der Waals surface area contributed by atoms with E-state index in [-0.39, 0.29) is 0 Å². The fraction of sp³-hybridized carbons (Fsp3) is 0.833. The van der Waals surface area contributed by atoms with E-state index >= 15 is 0 Å². The minimum Gasteiger partial charge on any atom is -0.0865 e. The van der Waals surface area contributed by atoms with Crippen molar-refractivity contribution in [3.8, 4) is 0 Å². The van der Waals surface area contributed by atoms with Crippen LogP contribution in [0.3, 0.4) is 0 Å². The predicted molar refractivity (Wildman–Crippen MR) is 53.3 cm³/mol. The third kappa shape index (κ3) is 5.86. The summed E-state index contributed by atoms with van der Waals surface area (Å²) in [5.41, 5.74) is 0. The Morgan fingerprint density at radius 2 is 2.00 bits per heavy atom. The van der Waals surface area contributed by atoms with Gasteiger partial charge in [-0.1, -0.05) is 67.6 Å². The number of alkyl halides is 1. The smallest absolute Gasteiger partial charge is 0.0865 e. The number of halogens is 3. The highest BCUT2D eigenvalue weighted by molar-refractivity contribution is 9.28. The lowest BCUT2D eigenvalue weighted by molar-refractivity contribution is 0.736. The van der Waals surface area contributed by atoms with E-state index in [9.17, 15) is 0 Å². The summed E-state index contributed by atoms with van der Waals surface area (Å²) in [6.45, 7) is 2.20. The van der Waals surface area contributed by atoms with Crippen molar-refractivity contribution in [2.45, 2.75) is 31.0 Å². The molecule has 0 aliphatic heterocycles. The maximum atomic E-state index is 3.51. The second-order valence-electron chi connectivity index (χ2n) is 1.90. The van der Waals surface area contributed by atoms with Gasteiger partial charge in [-0.05, 0) is 6.42 Å². The Morgan fingerprint density at radius 3 is 2.33 bits per heavy atom. The SMILES string of the molecule is CCCCC(Br)[C](Br)Br. The van der Waals surface area contributed by atoms with Gasteiger partial charge in [0, 0.05) is 4.83 Å². The molecule has 0 saturated heterocycles. The molecular weight excluding hydrogens is 312 g/mol. The van der Waals surface area contributed by atoms with Gasteiger partial charge in [0.2, 0.25) is 0 Å². The van der Waals surface area contributed by atoms with Gasteiger partial charge in [0.05, 0.1) is 0 Å². The molecule has 3 heteroatoms. The second kappa shape index (κ2) is 6.17. The summed E-state index contributed by atoms with van der Waals surface area (Å²) in [4.78, 5) is 0.484. The zero-order valence-electron chi connectivity index (χ0n) is 5.33. The highest BCUT2D eigenvalue weighted by Gasteiger charge is 2.11. The molecule has 0 heterocycles. The number of hydrogen-bond acceptors (Lipinski definition) is 0. The lowest BCUT2D eigenvalue weighted by Crippen LogP contribution is -1.98. The Kier molecular flexibility index (Phi) is 7.16. The summed E-state index contributed by atoms with van der Waals surface area (Å²) in [6, 6.07) is 0. The molecule has 0 aromatic rings. The third-order valence-electron chi connectivity index (χ3n) is 1.05. The zero-order valence-corrected chi connectivity index (χ0v) is 10.1. The average molecular weight is 322 g/mol. The van der Waals surface area contributed by atoms with Crippen LogP contribution in [0, 0.1) is 3.74 Å². The average Bonchev–Trinajstić information content (AvgIpc) is 1.82. The lowest BCUT2D eigenvalue weighted by Gasteiger charge is -2.07. The van der Waals surface area contributed by atoms with Gasteiger partial charge in [-0.2, -0.15) is 0 Å². The first-order valence-corrected chi connectivity index (χ1v) is 5.50. The Balaban J connectivity index is 3.16. The highest BCUT2D eigenvalue weighted by atomic mass is 79.9. The van der Waals surface area contributed by atoms with Gasteiger partial charge in [-0.3, -0.25) is 0 Å². The van der Waals surface area contributed by atoms with E-state index in [1.165, 1.54) is 19.3 Å². The fourth-order valence-corrected chi connectivity index (χ4v) is 1.27. The van der Waals surface area contributed by atoms with E-state index in [4.69, 9.17) is 0 Å². The monoisotopic (exact) mass is 319 g/mol. The fourth-order valence-electron chi connectivity index (χ4n) is 0.492. The quantitative estimate of drug-likeness (QED) is 0.680. The van der Waals surface area contributed by atoms with E-state index in [1.807, 2.05) is 0 Å². The molecule has 1 atom stereocenters. The Bertz CT molecular complexity index is 63.3. The largest absolute Gasteiger partial charge is 0.119 e. The van der Waals surface area contributed by atoms with Crippen LogP contribution >= 0.6 is 47.8 Å². The van der Waals surface area contributed by atoms with Crippen molar-refractivity contribution >= 4 is 47.8 Å². The van der Waals surface area contributed by atoms with Gasteiger partial charge in [0.15, 0.2) is 0 Å². The van der Waals surface area contributed by atoms with Crippen LogP contribution in [0.5, 0.6) is 0 Å². The van der Waals surface area contributed by atoms with Gasteiger partial charge >= 0.3 is 0 Å². The van der Waals surface area contributed by atoms with E-state index in [2.05, 4.69) is 54.7 Å². The normalized spacial score (nSPS) is 14.3. The maximum Gasteiger partial charge on any atom is 0.119 e. The first kappa shape index (κ1) is 10.4. The minimum absolute atomic E-state index is 0.484. The Labute approximate surface area is 82.2 Å². The van der Waals surface area contributed by atoms with Gasteiger partial charge < -0.3 is 0 Å². The number of hydrogen-bond donors (Lipinski definition) is 0. The molecular formula is C6H10Br3. The molecule has 0 aliphatic carbocycles. The minimum atomic E-state index is 0.484. The summed E-state index contributed by atoms with van der Waals surface area (Å²) in [6.07, 6.45) is 3.73. The summed E-state index contributed by atoms with van der Waals surface area (Å²) >= 11 is 10.2. The molecule has 0 spiro atoms. The number of rotatable bonds is 4. The van der Waals surface area contributed by atoms with Crippen molar-refractivity contribution < 1.29 is 0 Å². The van der Waals surface area contributed by atoms with Crippen LogP contribution in [0.15, 0.2) is 0 Å². The van der Waals surface area contributed by atoms with Crippen LogP contribution in [0.2, 0.25) is 0 Å². The molecule has 0 amide bonds. The van der Waals surface area contributed by atoms with Crippen molar-refractivity contribution in [1.82, 2.24) is 0 Å². The molecule has 0 N–H and O–H groups in total. The molecule has 9 heavy (non-hydrogen) atoms. The summed E-state index contributed by atoms with van der Waals surface area (Å²) in [7, 11) is 0. The lowest BCUT2D eigenvalue weighted by atomic mass is 10.2. The standard InChI is InChI=1S/C6H10Br3/c1-2-3-4-5(7)6(8)9/h5H,2-4H2,1H3. The van der Waals surface area contributed by atoms with Crippen molar-refractivity contribution in [3.05, 3.63) is 3.74 Å². The molecule has 0 rings (SSSR count). The third-order valence-corrected chi connectivity index (χ3v) is 4.30. The molecule has 0 aromatic heterocycles. The molecule has 0 saturated carbocycles. The van der Waals surface area contributed by atoms with E-state index in [0.29, 0.717) is 4.83 Å². The topological polar surface area (TPSA) is 0 Å². The van der Waals surface area contributed by atoms with E-state index in [1.54, 1.807) is 0 Å². The second-order valence-corrected chi connectivity index (χ2v) is 5.78. The molecule has 0 bridgehead atoms.